The number of carbonyl (C=O) groups excluding carboxylic acids is 1. The highest BCUT2D eigenvalue weighted by atomic mass is 32.1. The van der Waals surface area contributed by atoms with Gasteiger partial charge < -0.3 is 9.47 Å². The molecule has 27 heavy (non-hydrogen) atoms. The monoisotopic (exact) mass is 379 g/mol. The lowest BCUT2D eigenvalue weighted by Crippen LogP contribution is -2.37. The lowest BCUT2D eigenvalue weighted by molar-refractivity contribution is 0.0708. The van der Waals surface area contributed by atoms with Crippen LogP contribution in [-0.2, 0) is 0 Å². The van der Waals surface area contributed by atoms with Gasteiger partial charge in [-0.15, -0.1) is 0 Å². The van der Waals surface area contributed by atoms with Crippen LogP contribution in [0, 0.1) is 10.8 Å². The van der Waals surface area contributed by atoms with E-state index in [1.807, 2.05) is 47.3 Å². The van der Waals surface area contributed by atoms with E-state index in [1.54, 1.807) is 11.3 Å². The van der Waals surface area contributed by atoms with Crippen LogP contribution in [0.25, 0.3) is 15.3 Å². The van der Waals surface area contributed by atoms with E-state index < -0.39 is 0 Å². The van der Waals surface area contributed by atoms with Crippen LogP contribution in [0.3, 0.4) is 0 Å². The Morgan fingerprint density at radius 1 is 1.19 bits per heavy atom. The standard InChI is InChI=1S/C22H25N3OS/c1-21(2)11-16-12-22(3,13-21)14-25(16)19(26)15-6-7-17-18(10-15)27-20(23-17)24-8-4-5-9-24/h4-10,16H,11-14H2,1-3H3. The van der Waals surface area contributed by atoms with Gasteiger partial charge in [-0.25, -0.2) is 4.98 Å². The summed E-state index contributed by atoms with van der Waals surface area (Å²) < 4.78 is 3.08. The molecule has 1 amide bonds. The Kier molecular flexibility index (Phi) is 3.57. The molecule has 5 heteroatoms. The van der Waals surface area contributed by atoms with Gasteiger partial charge in [-0.3, -0.25) is 4.79 Å². The Morgan fingerprint density at radius 3 is 2.74 bits per heavy atom. The first-order valence-electron chi connectivity index (χ1n) is 9.67. The third kappa shape index (κ3) is 2.89. The highest BCUT2D eigenvalue weighted by Gasteiger charge is 2.51. The molecule has 4 nitrogen and oxygen atoms in total. The fourth-order valence-electron chi connectivity index (χ4n) is 5.48. The Balaban J connectivity index is 1.46. The van der Waals surface area contributed by atoms with Crippen molar-refractivity contribution in [3.8, 4) is 5.13 Å². The number of hydrogen-bond donors (Lipinski definition) is 0. The molecule has 2 fully saturated rings. The molecular weight excluding hydrogens is 354 g/mol. The van der Waals surface area contributed by atoms with Crippen LogP contribution in [0.1, 0.15) is 50.4 Å². The van der Waals surface area contributed by atoms with Gasteiger partial charge in [0.25, 0.3) is 5.91 Å². The van der Waals surface area contributed by atoms with Gasteiger partial charge in [-0.2, -0.15) is 0 Å². The predicted octanol–water partition coefficient (Wildman–Crippen LogP) is 5.13. The van der Waals surface area contributed by atoms with Crippen LogP contribution in [0.5, 0.6) is 0 Å². The minimum atomic E-state index is 0.180. The number of rotatable bonds is 2. The van der Waals surface area contributed by atoms with Crippen molar-refractivity contribution in [2.45, 2.75) is 46.1 Å². The molecule has 0 N–H and O–H groups in total. The van der Waals surface area contributed by atoms with Crippen LogP contribution in [0.15, 0.2) is 42.7 Å². The number of fused-ring (bicyclic) bond motifs is 3. The molecule has 1 saturated carbocycles. The van der Waals surface area contributed by atoms with E-state index in [-0.39, 0.29) is 11.3 Å². The van der Waals surface area contributed by atoms with Crippen molar-refractivity contribution in [1.29, 1.82) is 0 Å². The third-order valence-corrected chi connectivity index (χ3v) is 7.16. The smallest absolute Gasteiger partial charge is 0.254 e. The van der Waals surface area contributed by atoms with Gasteiger partial charge in [0.2, 0.25) is 0 Å². The summed E-state index contributed by atoms with van der Waals surface area (Å²) >= 11 is 1.63. The van der Waals surface area contributed by atoms with Gasteiger partial charge in [-0.1, -0.05) is 32.1 Å². The Labute approximate surface area is 163 Å². The maximum absolute atomic E-state index is 13.3. The lowest BCUT2D eigenvalue weighted by atomic mass is 9.65. The highest BCUT2D eigenvalue weighted by molar-refractivity contribution is 7.20. The fraction of sp³-hybridized carbons (Fsp3) is 0.455. The molecule has 3 aromatic rings. The molecule has 1 aliphatic heterocycles. The van der Waals surface area contributed by atoms with Gasteiger partial charge in [-0.05, 0) is 60.4 Å². The van der Waals surface area contributed by atoms with Crippen molar-refractivity contribution in [2.75, 3.05) is 6.54 Å². The zero-order valence-electron chi connectivity index (χ0n) is 16.1. The Bertz CT molecular complexity index is 1020. The average molecular weight is 380 g/mol. The number of carbonyl (C=O) groups is 1. The normalized spacial score (nSPS) is 26.6. The number of thiazole rings is 1. The topological polar surface area (TPSA) is 38.1 Å². The van der Waals surface area contributed by atoms with Crippen LogP contribution in [0.4, 0.5) is 0 Å². The molecule has 0 radical (unpaired) electrons. The molecule has 1 saturated heterocycles. The van der Waals surface area contributed by atoms with Crippen LogP contribution in [0.2, 0.25) is 0 Å². The summed E-state index contributed by atoms with van der Waals surface area (Å²) in [6, 6.07) is 10.3. The van der Waals surface area contributed by atoms with Crippen molar-refractivity contribution in [3.05, 3.63) is 48.3 Å². The van der Waals surface area contributed by atoms with E-state index in [1.165, 1.54) is 6.42 Å². The minimum absolute atomic E-state index is 0.180. The summed E-state index contributed by atoms with van der Waals surface area (Å²) in [5.41, 5.74) is 2.32. The average Bonchev–Trinajstić information content (AvgIpc) is 3.29. The number of amides is 1. The van der Waals surface area contributed by atoms with Gasteiger partial charge in [0.1, 0.15) is 0 Å². The van der Waals surface area contributed by atoms with Gasteiger partial charge in [0, 0.05) is 30.5 Å². The summed E-state index contributed by atoms with van der Waals surface area (Å²) in [4.78, 5) is 20.2. The molecule has 2 unspecified atom stereocenters. The van der Waals surface area contributed by atoms with Crippen LogP contribution in [-0.4, -0.2) is 32.9 Å². The number of nitrogens with zero attached hydrogens (tertiary/aromatic N) is 3. The van der Waals surface area contributed by atoms with Crippen LogP contribution < -0.4 is 0 Å². The van der Waals surface area contributed by atoms with E-state index in [0.717, 1.165) is 40.3 Å². The zero-order valence-corrected chi connectivity index (χ0v) is 16.9. The number of likely N-dealkylation sites (tertiary alicyclic amines) is 1. The second kappa shape index (κ2) is 5.68. The predicted molar refractivity (Wildman–Crippen MR) is 110 cm³/mol. The van der Waals surface area contributed by atoms with E-state index in [9.17, 15) is 4.79 Å². The van der Waals surface area contributed by atoms with E-state index >= 15 is 0 Å². The molecule has 1 aliphatic carbocycles. The first kappa shape index (κ1) is 17.0. The van der Waals surface area contributed by atoms with Crippen molar-refractivity contribution in [1.82, 2.24) is 14.5 Å². The molecule has 5 rings (SSSR count). The highest BCUT2D eigenvalue weighted by Crippen LogP contribution is 2.52. The molecule has 2 aromatic heterocycles. The molecule has 0 spiro atoms. The van der Waals surface area contributed by atoms with Gasteiger partial charge >= 0.3 is 0 Å². The maximum Gasteiger partial charge on any atom is 0.254 e. The van der Waals surface area contributed by atoms with Crippen LogP contribution >= 0.6 is 11.3 Å². The van der Waals surface area contributed by atoms with Crippen molar-refractivity contribution < 1.29 is 4.79 Å². The maximum atomic E-state index is 13.3. The summed E-state index contributed by atoms with van der Waals surface area (Å²) in [5.74, 6) is 0.180. The quantitative estimate of drug-likeness (QED) is 0.619. The van der Waals surface area contributed by atoms with Crippen molar-refractivity contribution in [3.63, 3.8) is 0 Å². The third-order valence-electron chi connectivity index (χ3n) is 6.13. The molecule has 1 aromatic carbocycles. The van der Waals surface area contributed by atoms with E-state index in [4.69, 9.17) is 4.98 Å². The lowest BCUT2D eigenvalue weighted by Gasteiger charge is -2.39. The second-order valence-electron chi connectivity index (χ2n) is 9.42. The summed E-state index contributed by atoms with van der Waals surface area (Å²) in [6.07, 6.45) is 7.44. The Hall–Kier alpha value is -2.14. The second-order valence-corrected chi connectivity index (χ2v) is 10.4. The van der Waals surface area contributed by atoms with Gasteiger partial charge in [0.15, 0.2) is 5.13 Å². The molecule has 2 aliphatic rings. The van der Waals surface area contributed by atoms with Crippen molar-refractivity contribution >= 4 is 27.5 Å². The van der Waals surface area contributed by atoms with E-state index in [2.05, 4.69) is 25.7 Å². The molecule has 2 bridgehead atoms. The van der Waals surface area contributed by atoms with Crippen molar-refractivity contribution in [2.24, 2.45) is 10.8 Å². The zero-order chi connectivity index (χ0) is 18.8. The summed E-state index contributed by atoms with van der Waals surface area (Å²) in [7, 11) is 0. The van der Waals surface area contributed by atoms with Gasteiger partial charge in [0.05, 0.1) is 10.2 Å². The molecular formula is C22H25N3OS. The molecule has 140 valence electrons. The SMILES string of the molecule is CC1(C)CC2CC(C)(CN2C(=O)c2ccc3nc(-n4cccc4)sc3c2)C1. The summed E-state index contributed by atoms with van der Waals surface area (Å²) in [6.45, 7) is 7.92. The first-order valence-corrected chi connectivity index (χ1v) is 10.5. The summed E-state index contributed by atoms with van der Waals surface area (Å²) in [5, 5.41) is 0.936. The number of benzene rings is 1. The Morgan fingerprint density at radius 2 is 1.96 bits per heavy atom. The fourth-order valence-corrected chi connectivity index (χ4v) is 6.45. The minimum Gasteiger partial charge on any atom is -0.335 e. The van der Waals surface area contributed by atoms with E-state index in [0.29, 0.717) is 11.5 Å². The molecule has 2 atom stereocenters. The largest absolute Gasteiger partial charge is 0.335 e. The number of hydrogen-bond acceptors (Lipinski definition) is 3. The molecule has 3 heterocycles. The first-order chi connectivity index (χ1) is 12.8. The number of aromatic nitrogens is 2.